The van der Waals surface area contributed by atoms with Gasteiger partial charge in [-0.3, -0.25) is 9.59 Å². The second kappa shape index (κ2) is 5.84. The van der Waals surface area contributed by atoms with Gasteiger partial charge in [0.2, 0.25) is 0 Å². The zero-order valence-corrected chi connectivity index (χ0v) is 11.6. The normalized spacial score (nSPS) is 12.3. The molecule has 0 fully saturated rings. The van der Waals surface area contributed by atoms with Crippen LogP contribution >= 0.6 is 0 Å². The van der Waals surface area contributed by atoms with Gasteiger partial charge in [-0.2, -0.15) is 0 Å². The zero-order chi connectivity index (χ0) is 14.7. The monoisotopic (exact) mass is 265 g/mol. The Bertz CT molecular complexity index is 508. The Hall–Kier alpha value is -1.88. The van der Waals surface area contributed by atoms with Gasteiger partial charge in [-0.05, 0) is 36.1 Å². The van der Waals surface area contributed by atoms with Crippen LogP contribution in [0.3, 0.4) is 0 Å². The van der Waals surface area contributed by atoms with Gasteiger partial charge in [0, 0.05) is 5.56 Å². The van der Waals surface area contributed by atoms with Gasteiger partial charge in [-0.25, -0.2) is 0 Å². The standard InChI is InChI=1S/C14H19NO4/c1-7(2)9-6-10(8(3)5-11(9)19-4)13(16)12(15)14(17)18/h5-7,12H,15H2,1-4H3,(H,17,18). The van der Waals surface area contributed by atoms with E-state index in [0.717, 1.165) is 5.56 Å². The van der Waals surface area contributed by atoms with Gasteiger partial charge in [-0.15, -0.1) is 0 Å². The average Bonchev–Trinajstić information content (AvgIpc) is 2.35. The van der Waals surface area contributed by atoms with Crippen LogP contribution < -0.4 is 10.5 Å². The Morgan fingerprint density at radius 1 is 1.32 bits per heavy atom. The Kier molecular flexibility index (Phi) is 4.67. The van der Waals surface area contributed by atoms with Crippen molar-refractivity contribution in [1.29, 1.82) is 0 Å². The predicted molar refractivity (Wildman–Crippen MR) is 71.8 cm³/mol. The van der Waals surface area contributed by atoms with Crippen LogP contribution in [-0.4, -0.2) is 30.0 Å². The van der Waals surface area contributed by atoms with Crippen molar-refractivity contribution in [2.45, 2.75) is 32.7 Å². The first-order valence-electron chi connectivity index (χ1n) is 6.00. The number of aryl methyl sites for hydroxylation is 1. The summed E-state index contributed by atoms with van der Waals surface area (Å²) in [6.45, 7) is 5.67. The van der Waals surface area contributed by atoms with E-state index in [-0.39, 0.29) is 5.92 Å². The lowest BCUT2D eigenvalue weighted by Crippen LogP contribution is -2.38. The quantitative estimate of drug-likeness (QED) is 0.625. The van der Waals surface area contributed by atoms with Crippen LogP contribution in [0.25, 0.3) is 0 Å². The number of benzene rings is 1. The molecule has 5 nitrogen and oxygen atoms in total. The number of carboxylic acid groups (broad SMARTS) is 1. The summed E-state index contributed by atoms with van der Waals surface area (Å²) in [6, 6.07) is 1.87. The van der Waals surface area contributed by atoms with E-state index in [4.69, 9.17) is 15.6 Å². The first kappa shape index (κ1) is 15.2. The molecule has 1 unspecified atom stereocenters. The summed E-state index contributed by atoms with van der Waals surface area (Å²) in [5, 5.41) is 8.81. The maximum Gasteiger partial charge on any atom is 0.328 e. The molecule has 1 aromatic carbocycles. The highest BCUT2D eigenvalue weighted by Gasteiger charge is 2.25. The van der Waals surface area contributed by atoms with E-state index in [1.807, 2.05) is 13.8 Å². The largest absolute Gasteiger partial charge is 0.496 e. The molecule has 0 saturated carbocycles. The van der Waals surface area contributed by atoms with Crippen LogP contribution in [0.1, 0.15) is 41.3 Å². The number of hydrogen-bond acceptors (Lipinski definition) is 4. The molecular formula is C14H19NO4. The van der Waals surface area contributed by atoms with Crippen molar-refractivity contribution >= 4 is 11.8 Å². The van der Waals surface area contributed by atoms with Crippen LogP contribution in [0, 0.1) is 6.92 Å². The molecule has 0 aromatic heterocycles. The molecule has 0 radical (unpaired) electrons. The van der Waals surface area contributed by atoms with E-state index in [1.165, 1.54) is 0 Å². The molecule has 5 heteroatoms. The Morgan fingerprint density at radius 2 is 1.89 bits per heavy atom. The fourth-order valence-corrected chi connectivity index (χ4v) is 1.87. The highest BCUT2D eigenvalue weighted by Crippen LogP contribution is 2.30. The molecule has 19 heavy (non-hydrogen) atoms. The van der Waals surface area contributed by atoms with Crippen molar-refractivity contribution in [3.8, 4) is 5.75 Å². The average molecular weight is 265 g/mol. The number of Topliss-reactive ketones (excluding diaryl/α,β-unsaturated/α-hetero) is 1. The highest BCUT2D eigenvalue weighted by atomic mass is 16.5. The van der Waals surface area contributed by atoms with E-state index >= 15 is 0 Å². The third-order valence-electron chi connectivity index (χ3n) is 3.01. The Morgan fingerprint density at radius 3 is 2.32 bits per heavy atom. The molecule has 0 aliphatic carbocycles. The first-order chi connectivity index (χ1) is 8.79. The van der Waals surface area contributed by atoms with E-state index < -0.39 is 17.8 Å². The number of carboxylic acids is 1. The second-order valence-electron chi connectivity index (χ2n) is 4.74. The number of ketones is 1. The molecule has 0 heterocycles. The number of aliphatic carboxylic acids is 1. The van der Waals surface area contributed by atoms with Gasteiger partial charge in [0.15, 0.2) is 11.8 Å². The maximum atomic E-state index is 12.0. The third kappa shape index (κ3) is 3.12. The van der Waals surface area contributed by atoms with Crippen LogP contribution in [0.4, 0.5) is 0 Å². The van der Waals surface area contributed by atoms with Gasteiger partial charge in [0.1, 0.15) is 5.75 Å². The number of rotatable bonds is 5. The minimum absolute atomic E-state index is 0.156. The lowest BCUT2D eigenvalue weighted by molar-refractivity contribution is -0.137. The van der Waals surface area contributed by atoms with Gasteiger partial charge in [-0.1, -0.05) is 13.8 Å². The van der Waals surface area contributed by atoms with E-state index in [9.17, 15) is 9.59 Å². The number of carbonyl (C=O) groups is 2. The zero-order valence-electron chi connectivity index (χ0n) is 11.6. The van der Waals surface area contributed by atoms with E-state index in [1.54, 1.807) is 26.2 Å². The Labute approximate surface area is 112 Å². The minimum atomic E-state index is -1.54. The first-order valence-corrected chi connectivity index (χ1v) is 6.00. The van der Waals surface area contributed by atoms with E-state index in [2.05, 4.69) is 0 Å². The van der Waals surface area contributed by atoms with Crippen LogP contribution in [0.5, 0.6) is 5.75 Å². The lowest BCUT2D eigenvalue weighted by Gasteiger charge is -2.16. The molecule has 0 amide bonds. The fourth-order valence-electron chi connectivity index (χ4n) is 1.87. The molecule has 0 spiro atoms. The topological polar surface area (TPSA) is 89.6 Å². The summed E-state index contributed by atoms with van der Waals surface area (Å²) < 4.78 is 5.27. The van der Waals surface area contributed by atoms with Crippen molar-refractivity contribution < 1.29 is 19.4 Å². The molecule has 3 N–H and O–H groups in total. The van der Waals surface area contributed by atoms with Crippen LogP contribution in [0.2, 0.25) is 0 Å². The van der Waals surface area contributed by atoms with Crippen molar-refractivity contribution in [1.82, 2.24) is 0 Å². The molecule has 0 aliphatic heterocycles. The predicted octanol–water partition coefficient (Wildman–Crippen LogP) is 1.72. The number of hydrogen-bond donors (Lipinski definition) is 2. The molecule has 1 atom stereocenters. The van der Waals surface area contributed by atoms with Gasteiger partial charge < -0.3 is 15.6 Å². The summed E-state index contributed by atoms with van der Waals surface area (Å²) >= 11 is 0. The maximum absolute atomic E-state index is 12.0. The third-order valence-corrected chi connectivity index (χ3v) is 3.01. The van der Waals surface area contributed by atoms with Crippen LogP contribution in [0.15, 0.2) is 12.1 Å². The van der Waals surface area contributed by atoms with Crippen molar-refractivity contribution in [2.75, 3.05) is 7.11 Å². The molecule has 104 valence electrons. The molecule has 1 aromatic rings. The van der Waals surface area contributed by atoms with Gasteiger partial charge in [0.05, 0.1) is 7.11 Å². The number of carbonyl (C=O) groups excluding carboxylic acids is 1. The van der Waals surface area contributed by atoms with Gasteiger partial charge >= 0.3 is 5.97 Å². The second-order valence-corrected chi connectivity index (χ2v) is 4.74. The minimum Gasteiger partial charge on any atom is -0.496 e. The summed E-state index contributed by atoms with van der Waals surface area (Å²) in [4.78, 5) is 22.8. The van der Waals surface area contributed by atoms with Crippen LogP contribution in [-0.2, 0) is 4.79 Å². The highest BCUT2D eigenvalue weighted by molar-refractivity contribution is 6.12. The molecule has 0 bridgehead atoms. The number of methoxy groups -OCH3 is 1. The summed E-state index contributed by atoms with van der Waals surface area (Å²) in [7, 11) is 1.56. The molecule has 1 rings (SSSR count). The Balaban J connectivity index is 3.33. The SMILES string of the molecule is COc1cc(C)c(C(=O)C(N)C(=O)O)cc1C(C)C. The summed E-state index contributed by atoms with van der Waals surface area (Å²) in [6.07, 6.45) is 0. The number of nitrogens with two attached hydrogens (primary N) is 1. The summed E-state index contributed by atoms with van der Waals surface area (Å²) in [5.41, 5.74) is 7.22. The summed E-state index contributed by atoms with van der Waals surface area (Å²) in [5.74, 6) is -1.07. The molecule has 0 saturated heterocycles. The van der Waals surface area contributed by atoms with Gasteiger partial charge in [0.25, 0.3) is 0 Å². The molecule has 0 aliphatic rings. The van der Waals surface area contributed by atoms with Crippen molar-refractivity contribution in [3.63, 3.8) is 0 Å². The molecular weight excluding hydrogens is 246 g/mol. The number of ether oxygens (including phenoxy) is 1. The smallest absolute Gasteiger partial charge is 0.328 e. The van der Waals surface area contributed by atoms with Crippen molar-refractivity contribution in [2.24, 2.45) is 5.73 Å². The fraction of sp³-hybridized carbons (Fsp3) is 0.429. The lowest BCUT2D eigenvalue weighted by atomic mass is 9.92. The van der Waals surface area contributed by atoms with E-state index in [0.29, 0.717) is 16.9 Å². The van der Waals surface area contributed by atoms with Crippen molar-refractivity contribution in [3.05, 3.63) is 28.8 Å².